The van der Waals surface area contributed by atoms with Gasteiger partial charge in [-0.3, -0.25) is 37.9 Å². The summed E-state index contributed by atoms with van der Waals surface area (Å²) < 4.78 is 11.4. The fourth-order valence-electron chi connectivity index (χ4n) is 4.12. The van der Waals surface area contributed by atoms with E-state index in [9.17, 15) is 28.8 Å². The minimum atomic E-state index is -0.489. The molecule has 0 radical (unpaired) electrons. The number of fused-ring (bicyclic) bond motifs is 2. The van der Waals surface area contributed by atoms with Crippen molar-refractivity contribution < 1.29 is 19.1 Å². The van der Waals surface area contributed by atoms with Crippen LogP contribution in [-0.2, 0) is 32.2 Å². The maximum absolute atomic E-state index is 12.8. The highest BCUT2D eigenvalue weighted by Crippen LogP contribution is 2.15. The summed E-state index contributed by atoms with van der Waals surface area (Å²) in [5.74, 6) is -0.611. The molecule has 0 atom stereocenters. The third kappa shape index (κ3) is 5.16. The van der Waals surface area contributed by atoms with E-state index in [1.807, 2.05) is 0 Å². The molecule has 0 aliphatic rings. The fourth-order valence-corrected chi connectivity index (χ4v) is 4.12. The molecular formula is C24H28N2O8. The van der Waals surface area contributed by atoms with Crippen molar-refractivity contribution in [2.45, 2.75) is 64.5 Å². The molecule has 2 aromatic heterocycles. The monoisotopic (exact) mass is 472 g/mol. The molecule has 0 amide bonds. The van der Waals surface area contributed by atoms with Crippen LogP contribution in [-0.4, -0.2) is 35.3 Å². The molecule has 0 spiro atoms. The number of methoxy groups -OCH3 is 2. The molecular weight excluding hydrogens is 444 g/mol. The lowest BCUT2D eigenvalue weighted by Gasteiger charge is -2.01. The van der Waals surface area contributed by atoms with Gasteiger partial charge in [0.1, 0.15) is 0 Å². The second kappa shape index (κ2) is 11.0. The second-order valence-corrected chi connectivity index (χ2v) is 8.24. The molecule has 182 valence electrons. The van der Waals surface area contributed by atoms with Gasteiger partial charge in [-0.05, 0) is 37.8 Å². The first-order valence-corrected chi connectivity index (χ1v) is 11.3. The Morgan fingerprint density at radius 1 is 0.588 bits per heavy atom. The Kier molecular flexibility index (Phi) is 8.14. The number of aromatic nitrogens is 2. The van der Waals surface area contributed by atoms with Crippen LogP contribution in [0.5, 0.6) is 0 Å². The summed E-state index contributed by atoms with van der Waals surface area (Å²) in [5.41, 5.74) is -1.95. The van der Waals surface area contributed by atoms with Crippen LogP contribution in [0.2, 0.25) is 0 Å². The average Bonchev–Trinajstić information content (AvgIpc) is 3.21. The van der Waals surface area contributed by atoms with Crippen LogP contribution >= 0.6 is 0 Å². The van der Waals surface area contributed by atoms with E-state index in [0.717, 1.165) is 9.13 Å². The number of unbranched alkanes of at least 4 members (excludes halogenated alkanes) is 4. The standard InChI is InChI=1S/C24H28N2O8/c1-33-19(27)9-5-3-7-11-25-21(29)15-13-17-18(14-16(15)22(25)30)24(32)26(23(17)31)12-8-4-6-10-20(28)34-2/h13-14H,3-12H2,1-2H3. The Balaban J connectivity index is 1.77. The van der Waals surface area contributed by atoms with Gasteiger partial charge in [-0.1, -0.05) is 12.8 Å². The highest BCUT2D eigenvalue weighted by atomic mass is 16.5. The predicted molar refractivity (Wildman–Crippen MR) is 126 cm³/mol. The van der Waals surface area contributed by atoms with E-state index in [0.29, 0.717) is 38.5 Å². The van der Waals surface area contributed by atoms with Crippen LogP contribution in [0.3, 0.4) is 0 Å². The van der Waals surface area contributed by atoms with E-state index in [4.69, 9.17) is 0 Å². The molecule has 34 heavy (non-hydrogen) atoms. The van der Waals surface area contributed by atoms with Crippen molar-refractivity contribution in [2.75, 3.05) is 14.2 Å². The van der Waals surface area contributed by atoms with Crippen LogP contribution in [0, 0.1) is 0 Å². The normalized spacial score (nSPS) is 11.4. The minimum Gasteiger partial charge on any atom is -0.469 e. The minimum absolute atomic E-state index is 0.124. The molecule has 0 aliphatic heterocycles. The van der Waals surface area contributed by atoms with Crippen molar-refractivity contribution in [3.8, 4) is 0 Å². The maximum atomic E-state index is 12.8. The van der Waals surface area contributed by atoms with Crippen molar-refractivity contribution in [3.63, 3.8) is 0 Å². The summed E-state index contributed by atoms with van der Waals surface area (Å²) in [4.78, 5) is 73.5. The smallest absolute Gasteiger partial charge is 0.305 e. The van der Waals surface area contributed by atoms with Crippen LogP contribution in [0.4, 0.5) is 0 Å². The van der Waals surface area contributed by atoms with Crippen LogP contribution in [0.25, 0.3) is 21.5 Å². The van der Waals surface area contributed by atoms with E-state index >= 15 is 0 Å². The van der Waals surface area contributed by atoms with Gasteiger partial charge in [-0.2, -0.15) is 0 Å². The first kappa shape index (κ1) is 25.1. The molecule has 0 fully saturated rings. The third-order valence-electron chi connectivity index (χ3n) is 6.04. The molecule has 3 rings (SSSR count). The van der Waals surface area contributed by atoms with Gasteiger partial charge in [0.05, 0.1) is 35.8 Å². The van der Waals surface area contributed by atoms with Gasteiger partial charge < -0.3 is 9.47 Å². The predicted octanol–water partition coefficient (Wildman–Crippen LogP) is 1.38. The SMILES string of the molecule is COC(=O)CCCCCn1c(=O)c2cc3c(=O)n(CCCCCC(=O)OC)c(=O)c3cc2c1=O. The largest absolute Gasteiger partial charge is 0.469 e. The van der Waals surface area contributed by atoms with Crippen LogP contribution in [0.15, 0.2) is 31.3 Å². The van der Waals surface area contributed by atoms with Crippen LogP contribution < -0.4 is 22.2 Å². The Labute approximate surface area is 194 Å². The van der Waals surface area contributed by atoms with Crippen LogP contribution in [0.1, 0.15) is 51.4 Å². The maximum Gasteiger partial charge on any atom is 0.305 e. The lowest BCUT2D eigenvalue weighted by Crippen LogP contribution is -2.26. The summed E-state index contributed by atoms with van der Waals surface area (Å²) in [6, 6.07) is 2.69. The van der Waals surface area contributed by atoms with E-state index in [1.54, 1.807) is 0 Å². The molecule has 0 saturated carbocycles. The number of ether oxygens (including phenoxy) is 2. The van der Waals surface area contributed by atoms with Crippen molar-refractivity contribution in [3.05, 3.63) is 53.5 Å². The third-order valence-corrected chi connectivity index (χ3v) is 6.04. The molecule has 0 N–H and O–H groups in total. The number of hydrogen-bond acceptors (Lipinski definition) is 8. The highest BCUT2D eigenvalue weighted by Gasteiger charge is 2.19. The second-order valence-electron chi connectivity index (χ2n) is 8.24. The number of rotatable bonds is 12. The highest BCUT2D eigenvalue weighted by molar-refractivity contribution is 5.97. The van der Waals surface area contributed by atoms with Gasteiger partial charge >= 0.3 is 11.9 Å². The van der Waals surface area contributed by atoms with Crippen molar-refractivity contribution in [2.24, 2.45) is 0 Å². The summed E-state index contributed by atoms with van der Waals surface area (Å²) in [5, 5.41) is 0.498. The Morgan fingerprint density at radius 2 is 0.912 bits per heavy atom. The van der Waals surface area contributed by atoms with Crippen molar-refractivity contribution in [1.29, 1.82) is 0 Å². The Bertz CT molecular complexity index is 1220. The van der Waals surface area contributed by atoms with Crippen molar-refractivity contribution >= 4 is 33.5 Å². The lowest BCUT2D eigenvalue weighted by molar-refractivity contribution is -0.141. The average molecular weight is 472 g/mol. The van der Waals surface area contributed by atoms with E-state index in [1.165, 1.54) is 26.4 Å². The Morgan fingerprint density at radius 3 is 1.21 bits per heavy atom. The first-order chi connectivity index (χ1) is 16.3. The van der Waals surface area contributed by atoms with E-state index in [2.05, 4.69) is 9.47 Å². The summed E-state index contributed by atoms with van der Waals surface area (Å²) in [6.45, 7) is 0.384. The zero-order valence-corrected chi connectivity index (χ0v) is 19.4. The lowest BCUT2D eigenvalue weighted by atomic mass is 10.1. The molecule has 2 heterocycles. The van der Waals surface area contributed by atoms with E-state index in [-0.39, 0.29) is 59.4 Å². The molecule has 10 heteroatoms. The Hall–Kier alpha value is -3.56. The quantitative estimate of drug-likeness (QED) is 0.285. The molecule has 3 aromatic rings. The van der Waals surface area contributed by atoms with Gasteiger partial charge in [0.15, 0.2) is 0 Å². The number of esters is 2. The van der Waals surface area contributed by atoms with Gasteiger partial charge in [0, 0.05) is 25.9 Å². The number of benzene rings is 1. The van der Waals surface area contributed by atoms with Gasteiger partial charge in [-0.25, -0.2) is 0 Å². The van der Waals surface area contributed by atoms with Gasteiger partial charge in [-0.15, -0.1) is 0 Å². The fraction of sp³-hybridized carbons (Fsp3) is 0.500. The summed E-state index contributed by atoms with van der Waals surface area (Å²) in [7, 11) is 2.64. The number of hydrogen-bond donors (Lipinski definition) is 0. The number of nitrogens with zero attached hydrogens (tertiary/aromatic N) is 2. The summed E-state index contributed by atoms with van der Waals surface area (Å²) >= 11 is 0. The van der Waals surface area contributed by atoms with Gasteiger partial charge in [0.2, 0.25) is 0 Å². The van der Waals surface area contributed by atoms with Gasteiger partial charge in [0.25, 0.3) is 22.2 Å². The zero-order valence-electron chi connectivity index (χ0n) is 19.4. The number of carbonyl (C=O) groups excluding carboxylic acids is 2. The van der Waals surface area contributed by atoms with Crippen molar-refractivity contribution in [1.82, 2.24) is 9.13 Å². The summed E-state index contributed by atoms with van der Waals surface area (Å²) in [6.07, 6.45) is 4.08. The molecule has 0 unspecified atom stereocenters. The molecule has 0 aliphatic carbocycles. The topological polar surface area (TPSA) is 131 Å². The molecule has 0 bridgehead atoms. The molecule has 0 saturated heterocycles. The number of carbonyl (C=O) groups is 2. The zero-order chi connectivity index (χ0) is 24.8. The van der Waals surface area contributed by atoms with E-state index < -0.39 is 22.2 Å². The first-order valence-electron chi connectivity index (χ1n) is 11.3. The molecule has 1 aromatic carbocycles. The molecule has 10 nitrogen and oxygen atoms in total.